The van der Waals surface area contributed by atoms with E-state index in [0.717, 1.165) is 22.3 Å². The van der Waals surface area contributed by atoms with Gasteiger partial charge >= 0.3 is 12.1 Å². The minimum Gasteiger partial charge on any atom is -0.457 e. The maximum atomic E-state index is 13.6. The van der Waals surface area contributed by atoms with Crippen LogP contribution in [0.15, 0.2) is 76.3 Å². The van der Waals surface area contributed by atoms with Gasteiger partial charge < -0.3 is 14.6 Å². The Bertz CT molecular complexity index is 1510. The quantitative estimate of drug-likeness (QED) is 0.326. The Labute approximate surface area is 209 Å². The number of unbranched alkanes of at least 4 members (excludes halogenated alkanes) is 1. The zero-order valence-electron chi connectivity index (χ0n) is 20.0. The van der Waals surface area contributed by atoms with Gasteiger partial charge in [0, 0.05) is 38.2 Å². The number of aromatic nitrogens is 2. The monoisotopic (exact) mass is 514 g/mol. The summed E-state index contributed by atoms with van der Waals surface area (Å²) < 4.78 is 50.6. The number of aryl methyl sites for hydroxylation is 1. The largest absolute Gasteiger partial charge is 0.573 e. The van der Waals surface area contributed by atoms with Crippen LogP contribution < -0.4 is 20.7 Å². The molecule has 0 unspecified atom stereocenters. The van der Waals surface area contributed by atoms with Crippen molar-refractivity contribution < 1.29 is 27.8 Å². The average Bonchev–Trinajstić information content (AvgIpc) is 2.85. The number of fused-ring (bicyclic) bond motifs is 1. The molecule has 0 bridgehead atoms. The first kappa shape index (κ1) is 26.0. The summed E-state index contributed by atoms with van der Waals surface area (Å²) in [6.45, 7) is 0.0751. The van der Waals surface area contributed by atoms with Crippen molar-refractivity contribution in [2.45, 2.75) is 32.2 Å². The van der Waals surface area contributed by atoms with Crippen LogP contribution in [0.5, 0.6) is 17.2 Å². The van der Waals surface area contributed by atoms with Crippen molar-refractivity contribution in [3.63, 3.8) is 0 Å². The Morgan fingerprint density at radius 3 is 2.35 bits per heavy atom. The van der Waals surface area contributed by atoms with Crippen molar-refractivity contribution in [1.82, 2.24) is 9.13 Å². The molecule has 194 valence electrons. The van der Waals surface area contributed by atoms with Crippen molar-refractivity contribution in [2.24, 2.45) is 7.05 Å². The van der Waals surface area contributed by atoms with E-state index in [1.165, 1.54) is 16.7 Å². The van der Waals surface area contributed by atoms with E-state index in [2.05, 4.69) is 4.74 Å². The van der Waals surface area contributed by atoms with E-state index in [0.29, 0.717) is 23.9 Å². The fraction of sp³-hybridized carbons (Fsp3) is 0.259. The summed E-state index contributed by atoms with van der Waals surface area (Å²) in [7, 11) is 1.57. The smallest absolute Gasteiger partial charge is 0.457 e. The minimum absolute atomic E-state index is 0.0585. The highest BCUT2D eigenvalue weighted by Gasteiger charge is 2.31. The molecule has 0 radical (unpaired) electrons. The van der Waals surface area contributed by atoms with Crippen molar-refractivity contribution in [2.75, 3.05) is 6.61 Å². The van der Waals surface area contributed by atoms with Crippen molar-refractivity contribution in [3.05, 3.63) is 98.7 Å². The molecule has 10 heteroatoms. The van der Waals surface area contributed by atoms with Crippen LogP contribution in [0.1, 0.15) is 24.0 Å². The van der Waals surface area contributed by atoms with Crippen LogP contribution in [0.25, 0.3) is 10.9 Å². The summed E-state index contributed by atoms with van der Waals surface area (Å²) in [5.41, 5.74) is 0.783. The molecule has 3 aromatic carbocycles. The Morgan fingerprint density at radius 1 is 0.919 bits per heavy atom. The average molecular weight is 515 g/mol. The molecule has 0 saturated heterocycles. The summed E-state index contributed by atoms with van der Waals surface area (Å²) >= 11 is 0. The van der Waals surface area contributed by atoms with E-state index in [1.807, 2.05) is 30.3 Å². The molecule has 0 spiro atoms. The molecular formula is C27H25F3N2O5. The fourth-order valence-electron chi connectivity index (χ4n) is 4.15. The maximum Gasteiger partial charge on any atom is 0.573 e. The highest BCUT2D eigenvalue weighted by atomic mass is 19.4. The molecule has 37 heavy (non-hydrogen) atoms. The minimum atomic E-state index is -4.86. The topological polar surface area (TPSA) is 82.7 Å². The van der Waals surface area contributed by atoms with Crippen LogP contribution in [-0.2, 0) is 20.0 Å². The third-order valence-corrected chi connectivity index (χ3v) is 5.87. The lowest BCUT2D eigenvalue weighted by Crippen LogP contribution is -2.39. The van der Waals surface area contributed by atoms with Gasteiger partial charge in [-0.05, 0) is 42.7 Å². The molecule has 1 aromatic heterocycles. The van der Waals surface area contributed by atoms with E-state index in [-0.39, 0.29) is 36.5 Å². The van der Waals surface area contributed by atoms with E-state index < -0.39 is 23.4 Å². The summed E-state index contributed by atoms with van der Waals surface area (Å²) in [6.07, 6.45) is -3.71. The van der Waals surface area contributed by atoms with Crippen LogP contribution in [0.2, 0.25) is 0 Å². The molecule has 0 aliphatic rings. The third-order valence-electron chi connectivity index (χ3n) is 5.87. The number of aliphatic hydroxyl groups excluding tert-OH is 1. The predicted octanol–water partition coefficient (Wildman–Crippen LogP) is 4.75. The highest BCUT2D eigenvalue weighted by Crippen LogP contribution is 2.34. The first-order valence-corrected chi connectivity index (χ1v) is 11.6. The second-order valence-electron chi connectivity index (χ2n) is 8.45. The summed E-state index contributed by atoms with van der Waals surface area (Å²) in [5.74, 6) is -0.0919. The van der Waals surface area contributed by atoms with Crippen LogP contribution in [0, 0.1) is 0 Å². The number of hydrogen-bond donors (Lipinski definition) is 1. The Morgan fingerprint density at radius 2 is 1.65 bits per heavy atom. The number of benzene rings is 3. The number of rotatable bonds is 9. The number of alkyl halides is 3. The van der Waals surface area contributed by atoms with Crippen LogP contribution >= 0.6 is 0 Å². The molecule has 0 amide bonds. The number of hydrogen-bond acceptors (Lipinski definition) is 5. The van der Waals surface area contributed by atoms with Crippen LogP contribution in [0.4, 0.5) is 13.2 Å². The van der Waals surface area contributed by atoms with Gasteiger partial charge in [-0.2, -0.15) is 0 Å². The Kier molecular flexibility index (Phi) is 7.68. The van der Waals surface area contributed by atoms with Gasteiger partial charge in [-0.3, -0.25) is 13.9 Å². The number of halogens is 3. The second-order valence-corrected chi connectivity index (χ2v) is 8.45. The molecule has 7 nitrogen and oxygen atoms in total. The van der Waals surface area contributed by atoms with Crippen molar-refractivity contribution in [1.29, 1.82) is 0 Å². The summed E-state index contributed by atoms with van der Waals surface area (Å²) in [6, 6.07) is 17.6. The standard InChI is InChI=1S/C27H25F3N2O5/c1-31-22-12-13-23(36-19-10-7-11-20(17-19)37-27(28,29)30)21(16-18-8-3-2-4-9-18)24(22)25(34)32(26(31)35)14-5-6-15-33/h2-4,7-13,17,33H,5-6,14-16H2,1H3. The van der Waals surface area contributed by atoms with Crippen LogP contribution in [-0.4, -0.2) is 27.2 Å². The molecule has 0 aliphatic heterocycles. The molecule has 4 rings (SSSR count). The Balaban J connectivity index is 1.88. The van der Waals surface area contributed by atoms with Gasteiger partial charge in [0.2, 0.25) is 0 Å². The van der Waals surface area contributed by atoms with Gasteiger partial charge in [-0.15, -0.1) is 13.2 Å². The Hall–Kier alpha value is -4.05. The first-order valence-electron chi connectivity index (χ1n) is 11.6. The van der Waals surface area contributed by atoms with Gasteiger partial charge in [0.25, 0.3) is 5.56 Å². The fourth-order valence-corrected chi connectivity index (χ4v) is 4.15. The van der Waals surface area contributed by atoms with Crippen LogP contribution in [0.3, 0.4) is 0 Å². The summed E-state index contributed by atoms with van der Waals surface area (Å²) in [5, 5.41) is 9.39. The molecular weight excluding hydrogens is 489 g/mol. The van der Waals surface area contributed by atoms with Gasteiger partial charge in [0.05, 0.1) is 10.9 Å². The lowest BCUT2D eigenvalue weighted by atomic mass is 9.99. The highest BCUT2D eigenvalue weighted by molar-refractivity contribution is 5.84. The van der Waals surface area contributed by atoms with Gasteiger partial charge in [0.1, 0.15) is 17.2 Å². The van der Waals surface area contributed by atoms with Crippen molar-refractivity contribution in [3.8, 4) is 17.2 Å². The lowest BCUT2D eigenvalue weighted by Gasteiger charge is -2.17. The lowest BCUT2D eigenvalue weighted by molar-refractivity contribution is -0.274. The maximum absolute atomic E-state index is 13.6. The van der Waals surface area contributed by atoms with Gasteiger partial charge in [-0.1, -0.05) is 36.4 Å². The molecule has 1 N–H and O–H groups in total. The van der Waals surface area contributed by atoms with E-state index >= 15 is 0 Å². The molecule has 4 aromatic rings. The molecule has 0 saturated carbocycles. The number of ether oxygens (including phenoxy) is 2. The van der Waals surface area contributed by atoms with Crippen molar-refractivity contribution >= 4 is 10.9 Å². The SMILES string of the molecule is Cn1c(=O)n(CCCCO)c(=O)c2c(Cc3ccccc3)c(Oc3cccc(OC(F)(F)F)c3)ccc21. The molecule has 0 atom stereocenters. The first-order chi connectivity index (χ1) is 17.7. The van der Waals surface area contributed by atoms with Gasteiger partial charge in [-0.25, -0.2) is 4.79 Å². The second kappa shape index (κ2) is 10.9. The predicted molar refractivity (Wildman–Crippen MR) is 132 cm³/mol. The third kappa shape index (κ3) is 6.03. The molecule has 0 fully saturated rings. The zero-order valence-corrected chi connectivity index (χ0v) is 20.0. The molecule has 0 aliphatic carbocycles. The van der Waals surface area contributed by atoms with E-state index in [9.17, 15) is 22.8 Å². The summed E-state index contributed by atoms with van der Waals surface area (Å²) in [4.78, 5) is 26.5. The normalized spacial score (nSPS) is 11.6. The number of aliphatic hydroxyl groups is 1. The van der Waals surface area contributed by atoms with Gasteiger partial charge in [0.15, 0.2) is 0 Å². The zero-order chi connectivity index (χ0) is 26.6. The van der Waals surface area contributed by atoms with E-state index in [4.69, 9.17) is 9.84 Å². The van der Waals surface area contributed by atoms with E-state index in [1.54, 1.807) is 19.2 Å². The molecule has 1 heterocycles. The number of nitrogens with zero attached hydrogens (tertiary/aromatic N) is 2.